The Labute approximate surface area is 81.6 Å². The van der Waals surface area contributed by atoms with Crippen molar-refractivity contribution < 1.29 is 9.47 Å². The van der Waals surface area contributed by atoms with Crippen molar-refractivity contribution in [1.82, 2.24) is 0 Å². The summed E-state index contributed by atoms with van der Waals surface area (Å²) in [6.07, 6.45) is 4.34. The molecular formula is C11H22O2. The van der Waals surface area contributed by atoms with Gasteiger partial charge in [-0.05, 0) is 32.1 Å². The number of ether oxygens (including phenoxy) is 2. The standard InChI is InChI=1S/C11H22O2/c1-4-12-10-6-5-7-11(10)13-8-9(2)3/h9-11H,4-8H2,1-3H3. The highest BCUT2D eigenvalue weighted by molar-refractivity contribution is 4.78. The third-order valence-electron chi connectivity index (χ3n) is 2.42. The molecule has 2 unspecified atom stereocenters. The summed E-state index contributed by atoms with van der Waals surface area (Å²) in [7, 11) is 0. The minimum atomic E-state index is 0.363. The molecule has 1 saturated carbocycles. The van der Waals surface area contributed by atoms with Gasteiger partial charge in [0.1, 0.15) is 0 Å². The molecule has 2 nitrogen and oxygen atoms in total. The van der Waals surface area contributed by atoms with Crippen LogP contribution in [-0.2, 0) is 9.47 Å². The molecule has 0 aromatic rings. The molecule has 1 aliphatic carbocycles. The lowest BCUT2D eigenvalue weighted by Crippen LogP contribution is -2.27. The third kappa shape index (κ3) is 3.65. The van der Waals surface area contributed by atoms with Gasteiger partial charge in [0.2, 0.25) is 0 Å². The van der Waals surface area contributed by atoms with Crippen LogP contribution in [0.2, 0.25) is 0 Å². The van der Waals surface area contributed by atoms with Crippen molar-refractivity contribution in [2.24, 2.45) is 5.92 Å². The summed E-state index contributed by atoms with van der Waals surface area (Å²) in [6, 6.07) is 0. The van der Waals surface area contributed by atoms with Crippen LogP contribution in [0, 0.1) is 5.92 Å². The van der Waals surface area contributed by atoms with E-state index in [1.54, 1.807) is 0 Å². The minimum absolute atomic E-state index is 0.363. The van der Waals surface area contributed by atoms with E-state index >= 15 is 0 Å². The van der Waals surface area contributed by atoms with E-state index in [-0.39, 0.29) is 0 Å². The van der Waals surface area contributed by atoms with Gasteiger partial charge in [0.05, 0.1) is 12.2 Å². The van der Waals surface area contributed by atoms with Crippen LogP contribution in [0.4, 0.5) is 0 Å². The molecule has 0 saturated heterocycles. The van der Waals surface area contributed by atoms with Crippen LogP contribution in [0.5, 0.6) is 0 Å². The quantitative estimate of drug-likeness (QED) is 0.657. The Balaban J connectivity index is 2.22. The van der Waals surface area contributed by atoms with Crippen LogP contribution in [0.1, 0.15) is 40.0 Å². The first-order valence-electron chi connectivity index (χ1n) is 5.47. The number of rotatable bonds is 5. The molecule has 0 bridgehead atoms. The number of hydrogen-bond acceptors (Lipinski definition) is 2. The molecule has 0 heterocycles. The topological polar surface area (TPSA) is 18.5 Å². The first-order chi connectivity index (χ1) is 6.24. The zero-order chi connectivity index (χ0) is 9.68. The predicted molar refractivity (Wildman–Crippen MR) is 53.8 cm³/mol. The Morgan fingerprint density at radius 2 is 1.77 bits per heavy atom. The molecule has 78 valence electrons. The minimum Gasteiger partial charge on any atom is -0.376 e. The van der Waals surface area contributed by atoms with E-state index in [1.165, 1.54) is 19.3 Å². The average molecular weight is 186 g/mol. The fraction of sp³-hybridized carbons (Fsp3) is 1.00. The van der Waals surface area contributed by atoms with Crippen molar-refractivity contribution in [2.75, 3.05) is 13.2 Å². The first-order valence-corrected chi connectivity index (χ1v) is 5.47. The molecule has 1 aliphatic rings. The maximum atomic E-state index is 5.80. The summed E-state index contributed by atoms with van der Waals surface area (Å²) in [6.45, 7) is 8.10. The van der Waals surface area contributed by atoms with Crippen LogP contribution in [-0.4, -0.2) is 25.4 Å². The van der Waals surface area contributed by atoms with Gasteiger partial charge in [-0.15, -0.1) is 0 Å². The van der Waals surface area contributed by atoms with Gasteiger partial charge in [0.25, 0.3) is 0 Å². The van der Waals surface area contributed by atoms with Crippen molar-refractivity contribution >= 4 is 0 Å². The fourth-order valence-corrected chi connectivity index (χ4v) is 1.80. The van der Waals surface area contributed by atoms with E-state index in [0.717, 1.165) is 13.2 Å². The highest BCUT2D eigenvalue weighted by Gasteiger charge is 2.28. The Bertz CT molecular complexity index is 134. The second kappa shape index (κ2) is 5.61. The van der Waals surface area contributed by atoms with Gasteiger partial charge < -0.3 is 9.47 Å². The largest absolute Gasteiger partial charge is 0.376 e. The monoisotopic (exact) mass is 186 g/mol. The Hall–Kier alpha value is -0.0800. The Morgan fingerprint density at radius 3 is 2.31 bits per heavy atom. The number of hydrogen-bond donors (Lipinski definition) is 0. The first kappa shape index (κ1) is 11.0. The molecule has 0 aromatic carbocycles. The highest BCUT2D eigenvalue weighted by atomic mass is 16.5. The summed E-state index contributed by atoms with van der Waals surface area (Å²) in [5, 5.41) is 0. The van der Waals surface area contributed by atoms with Crippen molar-refractivity contribution in [2.45, 2.75) is 52.2 Å². The fourth-order valence-electron chi connectivity index (χ4n) is 1.80. The van der Waals surface area contributed by atoms with Gasteiger partial charge in [-0.1, -0.05) is 13.8 Å². The van der Waals surface area contributed by atoms with E-state index < -0.39 is 0 Å². The van der Waals surface area contributed by atoms with Crippen molar-refractivity contribution in [3.63, 3.8) is 0 Å². The normalized spacial score (nSPS) is 28.6. The van der Waals surface area contributed by atoms with Gasteiger partial charge >= 0.3 is 0 Å². The van der Waals surface area contributed by atoms with Crippen molar-refractivity contribution in [3.05, 3.63) is 0 Å². The molecule has 1 fully saturated rings. The van der Waals surface area contributed by atoms with E-state index in [1.807, 2.05) is 0 Å². The van der Waals surface area contributed by atoms with Gasteiger partial charge in [-0.2, -0.15) is 0 Å². The lowest BCUT2D eigenvalue weighted by molar-refractivity contribution is -0.0593. The van der Waals surface area contributed by atoms with Crippen LogP contribution in [0.15, 0.2) is 0 Å². The molecule has 0 aliphatic heterocycles. The van der Waals surface area contributed by atoms with Gasteiger partial charge in [-0.3, -0.25) is 0 Å². The van der Waals surface area contributed by atoms with Crippen molar-refractivity contribution in [3.8, 4) is 0 Å². The SMILES string of the molecule is CCOC1CCCC1OCC(C)C. The van der Waals surface area contributed by atoms with Crippen LogP contribution in [0.3, 0.4) is 0 Å². The molecule has 0 spiro atoms. The summed E-state index contributed by atoms with van der Waals surface area (Å²) >= 11 is 0. The summed E-state index contributed by atoms with van der Waals surface area (Å²) in [4.78, 5) is 0. The Kier molecular flexibility index (Phi) is 4.74. The molecule has 1 rings (SSSR count). The lowest BCUT2D eigenvalue weighted by Gasteiger charge is -2.21. The summed E-state index contributed by atoms with van der Waals surface area (Å²) in [5.74, 6) is 0.628. The maximum Gasteiger partial charge on any atom is 0.0836 e. The van der Waals surface area contributed by atoms with Crippen LogP contribution < -0.4 is 0 Å². The van der Waals surface area contributed by atoms with Gasteiger partial charge in [0.15, 0.2) is 0 Å². The second-order valence-electron chi connectivity index (χ2n) is 4.19. The smallest absolute Gasteiger partial charge is 0.0836 e. The summed E-state index contributed by atoms with van der Waals surface area (Å²) < 4.78 is 11.4. The van der Waals surface area contributed by atoms with E-state index in [9.17, 15) is 0 Å². The van der Waals surface area contributed by atoms with E-state index in [4.69, 9.17) is 9.47 Å². The second-order valence-corrected chi connectivity index (χ2v) is 4.19. The van der Waals surface area contributed by atoms with E-state index in [0.29, 0.717) is 18.1 Å². The third-order valence-corrected chi connectivity index (χ3v) is 2.42. The van der Waals surface area contributed by atoms with Crippen molar-refractivity contribution in [1.29, 1.82) is 0 Å². The highest BCUT2D eigenvalue weighted by Crippen LogP contribution is 2.25. The predicted octanol–water partition coefficient (Wildman–Crippen LogP) is 2.62. The van der Waals surface area contributed by atoms with Gasteiger partial charge in [0, 0.05) is 13.2 Å². The molecule has 0 radical (unpaired) electrons. The average Bonchev–Trinajstić information content (AvgIpc) is 2.49. The zero-order valence-electron chi connectivity index (χ0n) is 9.08. The molecule has 0 N–H and O–H groups in total. The molecule has 2 heteroatoms. The molecule has 0 aromatic heterocycles. The van der Waals surface area contributed by atoms with Crippen LogP contribution >= 0.6 is 0 Å². The maximum absolute atomic E-state index is 5.80. The lowest BCUT2D eigenvalue weighted by atomic mass is 10.2. The van der Waals surface area contributed by atoms with Gasteiger partial charge in [-0.25, -0.2) is 0 Å². The molecule has 0 amide bonds. The van der Waals surface area contributed by atoms with Crippen LogP contribution in [0.25, 0.3) is 0 Å². The molecule has 2 atom stereocenters. The summed E-state index contributed by atoms with van der Waals surface area (Å²) in [5.41, 5.74) is 0. The zero-order valence-corrected chi connectivity index (χ0v) is 9.08. The molecule has 13 heavy (non-hydrogen) atoms. The molecular weight excluding hydrogens is 164 g/mol. The Morgan fingerprint density at radius 1 is 1.15 bits per heavy atom. The van der Waals surface area contributed by atoms with E-state index in [2.05, 4.69) is 20.8 Å².